The molecule has 116 valence electrons. The van der Waals surface area contributed by atoms with Crippen molar-refractivity contribution in [3.63, 3.8) is 0 Å². The molecule has 0 bridgehead atoms. The van der Waals surface area contributed by atoms with Gasteiger partial charge in [0.05, 0.1) is 13.2 Å². The number of ether oxygens (including phenoxy) is 1. The number of nitrogens with zero attached hydrogens (tertiary/aromatic N) is 1. The number of aromatic amines is 1. The molecule has 6 nitrogen and oxygen atoms in total. The molecule has 1 aliphatic heterocycles. The molecular weight excluding hydrogens is 282 g/mol. The normalized spacial score (nSPS) is 17.3. The van der Waals surface area contributed by atoms with Crippen molar-refractivity contribution in [2.24, 2.45) is 0 Å². The molecule has 2 amide bonds. The number of nitrogens with one attached hydrogen (secondary N) is 2. The molecule has 2 N–H and O–H groups in total. The second-order valence-electron chi connectivity index (χ2n) is 5.27. The van der Waals surface area contributed by atoms with E-state index in [0.29, 0.717) is 45.0 Å². The molecule has 3 rings (SSSR count). The zero-order valence-corrected chi connectivity index (χ0v) is 12.3. The van der Waals surface area contributed by atoms with Crippen LogP contribution in [-0.4, -0.2) is 54.5 Å². The van der Waals surface area contributed by atoms with Crippen LogP contribution in [0.25, 0.3) is 10.9 Å². The van der Waals surface area contributed by atoms with Gasteiger partial charge in [0.25, 0.3) is 5.91 Å². The number of amides is 2. The van der Waals surface area contributed by atoms with Crippen molar-refractivity contribution in [3.05, 3.63) is 36.0 Å². The van der Waals surface area contributed by atoms with E-state index in [1.165, 1.54) is 0 Å². The van der Waals surface area contributed by atoms with Gasteiger partial charge in [0.2, 0.25) is 5.91 Å². The highest BCUT2D eigenvalue weighted by atomic mass is 16.5. The van der Waals surface area contributed by atoms with Crippen molar-refractivity contribution in [1.29, 1.82) is 0 Å². The zero-order valence-electron chi connectivity index (χ0n) is 12.3. The first-order valence-electron chi connectivity index (χ1n) is 7.45. The van der Waals surface area contributed by atoms with Crippen LogP contribution in [0, 0.1) is 0 Å². The minimum Gasteiger partial charge on any atom is -0.378 e. The van der Waals surface area contributed by atoms with Gasteiger partial charge < -0.3 is 19.9 Å². The molecule has 2 heterocycles. The molecule has 1 fully saturated rings. The van der Waals surface area contributed by atoms with E-state index in [0.717, 1.165) is 10.9 Å². The highest BCUT2D eigenvalue weighted by Gasteiger charge is 2.19. The lowest BCUT2D eigenvalue weighted by atomic mass is 10.2. The number of carbonyl (C=O) groups is 2. The number of H-pyrrole nitrogens is 1. The number of para-hydroxylation sites is 1. The van der Waals surface area contributed by atoms with Crippen molar-refractivity contribution >= 4 is 22.7 Å². The zero-order chi connectivity index (χ0) is 15.4. The third-order valence-corrected chi connectivity index (χ3v) is 3.73. The lowest BCUT2D eigenvalue weighted by molar-refractivity contribution is -0.121. The quantitative estimate of drug-likeness (QED) is 0.829. The lowest BCUT2D eigenvalue weighted by Crippen LogP contribution is -2.39. The van der Waals surface area contributed by atoms with Gasteiger partial charge >= 0.3 is 0 Å². The Labute approximate surface area is 128 Å². The maximum Gasteiger partial charge on any atom is 0.270 e. The SMILES string of the molecule is O=C1CCN(C(=O)c2cc3ccccc3[nH]2)CCOCCN1. The molecule has 0 saturated carbocycles. The highest BCUT2D eigenvalue weighted by Crippen LogP contribution is 2.16. The molecule has 0 spiro atoms. The van der Waals surface area contributed by atoms with Crippen LogP contribution < -0.4 is 5.32 Å². The monoisotopic (exact) mass is 301 g/mol. The van der Waals surface area contributed by atoms with Gasteiger partial charge in [-0.3, -0.25) is 9.59 Å². The van der Waals surface area contributed by atoms with Gasteiger partial charge in [0.1, 0.15) is 5.69 Å². The van der Waals surface area contributed by atoms with Crippen LogP contribution in [-0.2, 0) is 9.53 Å². The van der Waals surface area contributed by atoms with Crippen molar-refractivity contribution in [2.75, 3.05) is 32.8 Å². The minimum atomic E-state index is -0.104. The van der Waals surface area contributed by atoms with E-state index in [9.17, 15) is 9.59 Å². The fourth-order valence-corrected chi connectivity index (χ4v) is 2.54. The summed E-state index contributed by atoms with van der Waals surface area (Å²) in [4.78, 5) is 29.1. The predicted molar refractivity (Wildman–Crippen MR) is 82.6 cm³/mol. The number of benzene rings is 1. The maximum absolute atomic E-state index is 12.6. The van der Waals surface area contributed by atoms with Gasteiger partial charge in [-0.15, -0.1) is 0 Å². The first-order valence-corrected chi connectivity index (χ1v) is 7.45. The molecule has 0 aliphatic carbocycles. The van der Waals surface area contributed by atoms with Crippen LogP contribution in [0.2, 0.25) is 0 Å². The van der Waals surface area contributed by atoms with E-state index in [-0.39, 0.29) is 11.8 Å². The Bertz CT molecular complexity index is 647. The maximum atomic E-state index is 12.6. The van der Waals surface area contributed by atoms with Crippen LogP contribution in [0.1, 0.15) is 16.9 Å². The van der Waals surface area contributed by atoms with E-state index >= 15 is 0 Å². The number of fused-ring (bicyclic) bond motifs is 1. The van der Waals surface area contributed by atoms with Crippen LogP contribution in [0.15, 0.2) is 30.3 Å². The second-order valence-corrected chi connectivity index (χ2v) is 5.27. The minimum absolute atomic E-state index is 0.0556. The molecule has 0 unspecified atom stereocenters. The average molecular weight is 301 g/mol. The summed E-state index contributed by atoms with van der Waals surface area (Å²) in [5.74, 6) is -0.159. The summed E-state index contributed by atoms with van der Waals surface area (Å²) in [6.07, 6.45) is 0.311. The summed E-state index contributed by atoms with van der Waals surface area (Å²) < 4.78 is 5.41. The van der Waals surface area contributed by atoms with E-state index in [1.807, 2.05) is 30.3 Å². The first kappa shape index (κ1) is 14.6. The van der Waals surface area contributed by atoms with Crippen LogP contribution in [0.5, 0.6) is 0 Å². The molecule has 1 aromatic carbocycles. The molecule has 2 aromatic rings. The molecular formula is C16H19N3O3. The van der Waals surface area contributed by atoms with Crippen molar-refractivity contribution in [3.8, 4) is 0 Å². The predicted octanol–water partition coefficient (Wildman–Crippen LogP) is 1.15. The van der Waals surface area contributed by atoms with Crippen molar-refractivity contribution in [2.45, 2.75) is 6.42 Å². The molecule has 1 saturated heterocycles. The van der Waals surface area contributed by atoms with E-state index in [4.69, 9.17) is 4.74 Å². The molecule has 1 aliphatic rings. The lowest BCUT2D eigenvalue weighted by Gasteiger charge is -2.23. The summed E-state index contributed by atoms with van der Waals surface area (Å²) in [5, 5.41) is 3.76. The Morgan fingerprint density at radius 2 is 2.05 bits per heavy atom. The highest BCUT2D eigenvalue weighted by molar-refractivity contribution is 5.98. The van der Waals surface area contributed by atoms with Gasteiger partial charge in [-0.2, -0.15) is 0 Å². The molecule has 0 radical (unpaired) electrons. The molecule has 6 heteroatoms. The van der Waals surface area contributed by atoms with Gasteiger partial charge in [-0.05, 0) is 12.1 Å². The molecule has 0 atom stereocenters. The first-order chi connectivity index (χ1) is 10.7. The molecule has 1 aromatic heterocycles. The van der Waals surface area contributed by atoms with Gasteiger partial charge in [-0.1, -0.05) is 18.2 Å². The number of rotatable bonds is 1. The summed E-state index contributed by atoms with van der Waals surface area (Å²) in [6.45, 7) is 2.35. The molecule has 22 heavy (non-hydrogen) atoms. The summed E-state index contributed by atoms with van der Waals surface area (Å²) >= 11 is 0. The summed E-state index contributed by atoms with van der Waals surface area (Å²) in [6, 6.07) is 9.60. The van der Waals surface area contributed by atoms with Crippen LogP contribution >= 0.6 is 0 Å². The number of hydrogen-bond acceptors (Lipinski definition) is 3. The largest absolute Gasteiger partial charge is 0.378 e. The Morgan fingerprint density at radius 1 is 1.18 bits per heavy atom. The number of carbonyl (C=O) groups excluding carboxylic acids is 2. The summed E-state index contributed by atoms with van der Waals surface area (Å²) in [5.41, 5.74) is 1.47. The van der Waals surface area contributed by atoms with Crippen molar-refractivity contribution in [1.82, 2.24) is 15.2 Å². The Balaban J connectivity index is 1.76. The third kappa shape index (κ3) is 3.28. The van der Waals surface area contributed by atoms with Crippen LogP contribution in [0.3, 0.4) is 0 Å². The number of aromatic nitrogens is 1. The second kappa shape index (κ2) is 6.62. The Morgan fingerprint density at radius 3 is 2.91 bits per heavy atom. The van der Waals surface area contributed by atoms with Gasteiger partial charge in [0, 0.05) is 37.0 Å². The van der Waals surface area contributed by atoms with E-state index in [2.05, 4.69) is 10.3 Å². The van der Waals surface area contributed by atoms with Gasteiger partial charge in [-0.25, -0.2) is 0 Å². The summed E-state index contributed by atoms with van der Waals surface area (Å²) in [7, 11) is 0. The van der Waals surface area contributed by atoms with Gasteiger partial charge in [0.15, 0.2) is 0 Å². The van der Waals surface area contributed by atoms with Crippen LogP contribution in [0.4, 0.5) is 0 Å². The fraction of sp³-hybridized carbons (Fsp3) is 0.375. The third-order valence-electron chi connectivity index (χ3n) is 3.73. The van der Waals surface area contributed by atoms with E-state index < -0.39 is 0 Å². The standard InChI is InChI=1S/C16H19N3O3/c20-15-5-7-19(8-10-22-9-6-17-15)16(21)14-11-12-3-1-2-4-13(12)18-14/h1-4,11,18H,5-10H2,(H,17,20). The smallest absolute Gasteiger partial charge is 0.270 e. The topological polar surface area (TPSA) is 74.4 Å². The van der Waals surface area contributed by atoms with Crippen molar-refractivity contribution < 1.29 is 14.3 Å². The van der Waals surface area contributed by atoms with E-state index in [1.54, 1.807) is 4.90 Å². The average Bonchev–Trinajstić information content (AvgIpc) is 2.97. The Hall–Kier alpha value is -2.34. The Kier molecular flexibility index (Phi) is 4.39. The fourth-order valence-electron chi connectivity index (χ4n) is 2.54. The number of hydrogen-bond donors (Lipinski definition) is 2.